The van der Waals surface area contributed by atoms with E-state index in [2.05, 4.69) is 19.2 Å². The molecule has 0 amide bonds. The molecule has 0 aliphatic heterocycles. The molecule has 1 N–H and O–H groups in total. The van der Waals surface area contributed by atoms with Crippen molar-refractivity contribution >= 4 is 0 Å². The van der Waals surface area contributed by atoms with E-state index in [9.17, 15) is 8.78 Å². The molecular weight excluding hydrogens is 220 g/mol. The lowest BCUT2D eigenvalue weighted by atomic mass is 9.97. The predicted molar refractivity (Wildman–Crippen MR) is 64.5 cm³/mol. The molecule has 94 valence electrons. The third-order valence-electron chi connectivity index (χ3n) is 4.05. The monoisotopic (exact) mass is 239 g/mol. The van der Waals surface area contributed by atoms with Gasteiger partial charge in [0.15, 0.2) is 11.6 Å². The minimum atomic E-state index is -0.767. The maximum absolute atomic E-state index is 13.4. The normalized spacial score (nSPS) is 28.6. The van der Waals surface area contributed by atoms with Crippen LogP contribution in [0, 0.1) is 23.5 Å². The summed E-state index contributed by atoms with van der Waals surface area (Å²) in [6.07, 6.45) is 2.34. The third-order valence-corrected chi connectivity index (χ3v) is 4.05. The number of halogens is 2. The van der Waals surface area contributed by atoms with Crippen LogP contribution in [0.4, 0.5) is 8.78 Å². The number of nitrogens with one attached hydrogen (secondary N) is 1. The Hall–Kier alpha value is -0.960. The first kappa shape index (κ1) is 12.5. The van der Waals surface area contributed by atoms with Crippen LogP contribution in [0.25, 0.3) is 0 Å². The van der Waals surface area contributed by atoms with Gasteiger partial charge in [0.1, 0.15) is 0 Å². The molecule has 1 aliphatic rings. The smallest absolute Gasteiger partial charge is 0.163 e. The fourth-order valence-corrected chi connectivity index (χ4v) is 2.58. The van der Waals surface area contributed by atoms with Gasteiger partial charge in [-0.2, -0.15) is 0 Å². The van der Waals surface area contributed by atoms with Crippen molar-refractivity contribution < 1.29 is 8.78 Å². The Morgan fingerprint density at radius 1 is 1.24 bits per heavy atom. The van der Waals surface area contributed by atoms with Gasteiger partial charge in [-0.3, -0.25) is 0 Å². The molecule has 3 heteroatoms. The molecule has 17 heavy (non-hydrogen) atoms. The molecule has 1 saturated carbocycles. The second-order valence-electron chi connectivity index (χ2n) is 5.11. The largest absolute Gasteiger partial charge is 0.310 e. The molecule has 1 fully saturated rings. The second-order valence-corrected chi connectivity index (χ2v) is 5.11. The zero-order valence-corrected chi connectivity index (χ0v) is 10.3. The Morgan fingerprint density at radius 2 is 2.00 bits per heavy atom. The summed E-state index contributed by atoms with van der Waals surface area (Å²) < 4.78 is 26.5. The Balaban J connectivity index is 1.96. The maximum atomic E-state index is 13.4. The standard InChI is InChI=1S/C14H19F2N/c1-9-6-7-13(10(9)2)17-8-11-4-3-5-12(15)14(11)16/h3-5,9-10,13,17H,6-8H2,1-2H3. The minimum Gasteiger partial charge on any atom is -0.310 e. The van der Waals surface area contributed by atoms with Crippen LogP contribution in [0.2, 0.25) is 0 Å². The van der Waals surface area contributed by atoms with Crippen molar-refractivity contribution in [2.24, 2.45) is 11.8 Å². The van der Waals surface area contributed by atoms with Crippen LogP contribution in [-0.2, 0) is 6.54 Å². The summed E-state index contributed by atoms with van der Waals surface area (Å²) in [5.74, 6) is -0.174. The summed E-state index contributed by atoms with van der Waals surface area (Å²) in [6, 6.07) is 4.76. The van der Waals surface area contributed by atoms with Crippen molar-refractivity contribution in [2.75, 3.05) is 0 Å². The molecular formula is C14H19F2N. The molecule has 0 saturated heterocycles. The van der Waals surface area contributed by atoms with Crippen LogP contribution in [-0.4, -0.2) is 6.04 Å². The zero-order chi connectivity index (χ0) is 12.4. The molecule has 1 aromatic rings. The molecule has 0 bridgehead atoms. The summed E-state index contributed by atoms with van der Waals surface area (Å²) in [5.41, 5.74) is 0.414. The lowest BCUT2D eigenvalue weighted by Crippen LogP contribution is -2.32. The Labute approximate surface area is 101 Å². The van der Waals surface area contributed by atoms with Crippen LogP contribution < -0.4 is 5.32 Å². The summed E-state index contributed by atoms with van der Waals surface area (Å²) in [4.78, 5) is 0. The molecule has 0 radical (unpaired) electrons. The van der Waals surface area contributed by atoms with E-state index in [4.69, 9.17) is 0 Å². The molecule has 3 atom stereocenters. The Bertz CT molecular complexity index is 392. The summed E-state index contributed by atoms with van der Waals surface area (Å²) in [7, 11) is 0. The van der Waals surface area contributed by atoms with E-state index in [1.165, 1.54) is 6.42 Å². The average Bonchev–Trinajstić information content (AvgIpc) is 2.62. The zero-order valence-electron chi connectivity index (χ0n) is 10.3. The van der Waals surface area contributed by atoms with Gasteiger partial charge in [0.25, 0.3) is 0 Å². The molecule has 0 heterocycles. The van der Waals surface area contributed by atoms with Crippen LogP contribution in [0.1, 0.15) is 32.3 Å². The van der Waals surface area contributed by atoms with Crippen molar-refractivity contribution in [3.05, 3.63) is 35.4 Å². The first-order valence-corrected chi connectivity index (χ1v) is 6.26. The number of hydrogen-bond donors (Lipinski definition) is 1. The maximum Gasteiger partial charge on any atom is 0.163 e. The molecule has 1 aliphatic carbocycles. The van der Waals surface area contributed by atoms with Crippen molar-refractivity contribution in [2.45, 2.75) is 39.3 Å². The highest BCUT2D eigenvalue weighted by Gasteiger charge is 2.29. The molecule has 0 spiro atoms. The molecule has 2 rings (SSSR count). The number of rotatable bonds is 3. The summed E-state index contributed by atoms with van der Waals surface area (Å²) in [5, 5.41) is 3.34. The molecule has 1 nitrogen and oxygen atoms in total. The molecule has 3 unspecified atom stereocenters. The van der Waals surface area contributed by atoms with E-state index in [1.54, 1.807) is 12.1 Å². The fourth-order valence-electron chi connectivity index (χ4n) is 2.58. The van der Waals surface area contributed by atoms with Gasteiger partial charge in [0.05, 0.1) is 0 Å². The first-order chi connectivity index (χ1) is 8.09. The van der Waals surface area contributed by atoms with E-state index >= 15 is 0 Å². The van der Waals surface area contributed by atoms with E-state index < -0.39 is 11.6 Å². The minimum absolute atomic E-state index is 0.408. The SMILES string of the molecule is CC1CCC(NCc2cccc(F)c2F)C1C. The van der Waals surface area contributed by atoms with Gasteiger partial charge in [0.2, 0.25) is 0 Å². The van der Waals surface area contributed by atoms with E-state index in [1.807, 2.05) is 0 Å². The van der Waals surface area contributed by atoms with Gasteiger partial charge in [-0.15, -0.1) is 0 Å². The van der Waals surface area contributed by atoms with Crippen molar-refractivity contribution in [1.82, 2.24) is 5.32 Å². The van der Waals surface area contributed by atoms with Crippen LogP contribution in [0.5, 0.6) is 0 Å². The predicted octanol–water partition coefficient (Wildman–Crippen LogP) is 3.49. The van der Waals surface area contributed by atoms with Crippen molar-refractivity contribution in [3.63, 3.8) is 0 Å². The average molecular weight is 239 g/mol. The summed E-state index contributed by atoms with van der Waals surface area (Å²) >= 11 is 0. The lowest BCUT2D eigenvalue weighted by Gasteiger charge is -2.19. The van der Waals surface area contributed by atoms with Crippen LogP contribution >= 0.6 is 0 Å². The van der Waals surface area contributed by atoms with Crippen LogP contribution in [0.3, 0.4) is 0 Å². The number of hydrogen-bond acceptors (Lipinski definition) is 1. The Morgan fingerprint density at radius 3 is 2.65 bits per heavy atom. The van der Waals surface area contributed by atoms with Gasteiger partial charge in [-0.1, -0.05) is 26.0 Å². The first-order valence-electron chi connectivity index (χ1n) is 6.26. The van der Waals surface area contributed by atoms with Crippen molar-refractivity contribution in [1.29, 1.82) is 0 Å². The fraction of sp³-hybridized carbons (Fsp3) is 0.571. The highest BCUT2D eigenvalue weighted by atomic mass is 19.2. The van der Waals surface area contributed by atoms with E-state index in [0.29, 0.717) is 30.0 Å². The van der Waals surface area contributed by atoms with Gasteiger partial charge in [-0.05, 0) is 30.7 Å². The van der Waals surface area contributed by atoms with Gasteiger partial charge < -0.3 is 5.32 Å². The molecule has 1 aromatic carbocycles. The van der Waals surface area contributed by atoms with Gasteiger partial charge >= 0.3 is 0 Å². The van der Waals surface area contributed by atoms with Crippen LogP contribution in [0.15, 0.2) is 18.2 Å². The molecule has 0 aromatic heterocycles. The highest BCUT2D eigenvalue weighted by Crippen LogP contribution is 2.31. The number of benzene rings is 1. The van der Waals surface area contributed by atoms with E-state index in [-0.39, 0.29) is 0 Å². The highest BCUT2D eigenvalue weighted by molar-refractivity contribution is 5.18. The van der Waals surface area contributed by atoms with E-state index in [0.717, 1.165) is 12.5 Å². The van der Waals surface area contributed by atoms with Gasteiger partial charge in [-0.25, -0.2) is 8.78 Å². The van der Waals surface area contributed by atoms with Gasteiger partial charge in [0, 0.05) is 18.2 Å². The topological polar surface area (TPSA) is 12.0 Å². The Kier molecular flexibility index (Phi) is 3.77. The second kappa shape index (κ2) is 5.13. The van der Waals surface area contributed by atoms with Crippen molar-refractivity contribution in [3.8, 4) is 0 Å². The lowest BCUT2D eigenvalue weighted by molar-refractivity contribution is 0.366. The third kappa shape index (κ3) is 2.65. The quantitative estimate of drug-likeness (QED) is 0.851. The summed E-state index contributed by atoms with van der Waals surface area (Å²) in [6.45, 7) is 4.87.